The molecule has 45 heavy (non-hydrogen) atoms. The summed E-state index contributed by atoms with van der Waals surface area (Å²) in [4.78, 5) is 29.8. The van der Waals surface area contributed by atoms with Gasteiger partial charge >= 0.3 is 0 Å². The number of nitrogens with zero attached hydrogens (tertiary/aromatic N) is 2. The maximum absolute atomic E-state index is 14.5. The van der Waals surface area contributed by atoms with Gasteiger partial charge in [0.05, 0.1) is 17.7 Å². The van der Waals surface area contributed by atoms with Crippen molar-refractivity contribution in [2.75, 3.05) is 18.0 Å². The van der Waals surface area contributed by atoms with Gasteiger partial charge in [0, 0.05) is 24.0 Å². The van der Waals surface area contributed by atoms with E-state index in [-0.39, 0.29) is 29.8 Å². The fourth-order valence-corrected chi connectivity index (χ4v) is 6.32. The first kappa shape index (κ1) is 33.6. The molecule has 2 atom stereocenters. The van der Waals surface area contributed by atoms with Crippen LogP contribution in [0.15, 0.2) is 114 Å². The molecule has 0 saturated carbocycles. The highest BCUT2D eigenvalue weighted by molar-refractivity contribution is 7.92. The number of para-hydroxylation sites is 1. The molecule has 4 rings (SSSR count). The minimum atomic E-state index is -4.20. The van der Waals surface area contributed by atoms with Crippen molar-refractivity contribution in [3.8, 4) is 5.75 Å². The number of carbonyl (C=O) groups is 2. The highest BCUT2D eigenvalue weighted by Crippen LogP contribution is 2.26. The molecule has 0 spiro atoms. The summed E-state index contributed by atoms with van der Waals surface area (Å²) in [5, 5.41) is 3.57. The van der Waals surface area contributed by atoms with Crippen LogP contribution in [0.25, 0.3) is 0 Å². The molecule has 236 valence electrons. The zero-order valence-corrected chi connectivity index (χ0v) is 27.2. The van der Waals surface area contributed by atoms with E-state index in [9.17, 15) is 18.0 Å². The van der Waals surface area contributed by atoms with Gasteiger partial charge in [0.25, 0.3) is 10.0 Å². The Bertz CT molecular complexity index is 1650. The molecule has 0 fully saturated rings. The number of amides is 2. The lowest BCUT2D eigenvalue weighted by atomic mass is 10.0. The fraction of sp³-hybridized carbons (Fsp3) is 0.257. The fourth-order valence-electron chi connectivity index (χ4n) is 4.78. The molecule has 0 aliphatic rings. The van der Waals surface area contributed by atoms with E-state index in [2.05, 4.69) is 5.32 Å². The molecule has 0 radical (unpaired) electrons. The van der Waals surface area contributed by atoms with Crippen LogP contribution in [0.3, 0.4) is 0 Å². The number of carbonyl (C=O) groups excluding carboxylic acids is 2. The van der Waals surface area contributed by atoms with E-state index in [1.165, 1.54) is 24.1 Å². The van der Waals surface area contributed by atoms with Crippen LogP contribution < -0.4 is 14.4 Å². The van der Waals surface area contributed by atoms with E-state index in [1.807, 2.05) is 44.2 Å². The summed E-state index contributed by atoms with van der Waals surface area (Å²) in [5.74, 6) is -0.354. The first-order valence-electron chi connectivity index (χ1n) is 14.7. The highest BCUT2D eigenvalue weighted by atomic mass is 35.5. The minimum Gasteiger partial charge on any atom is -0.497 e. The molecule has 8 nitrogen and oxygen atoms in total. The van der Waals surface area contributed by atoms with Crippen molar-refractivity contribution in [2.24, 2.45) is 0 Å². The van der Waals surface area contributed by atoms with Crippen molar-refractivity contribution in [3.63, 3.8) is 0 Å². The molecule has 4 aromatic rings. The number of ether oxygens (including phenoxy) is 1. The van der Waals surface area contributed by atoms with Gasteiger partial charge in [-0.25, -0.2) is 8.42 Å². The molecule has 2 amide bonds. The topological polar surface area (TPSA) is 96.0 Å². The Hall–Kier alpha value is -4.34. The van der Waals surface area contributed by atoms with E-state index in [0.717, 1.165) is 15.4 Å². The van der Waals surface area contributed by atoms with E-state index in [0.29, 0.717) is 22.9 Å². The molecule has 0 aliphatic carbocycles. The number of sulfonamides is 1. The number of anilines is 1. The summed E-state index contributed by atoms with van der Waals surface area (Å²) < 4.78 is 34.5. The van der Waals surface area contributed by atoms with E-state index >= 15 is 0 Å². The Morgan fingerprint density at radius 1 is 0.844 bits per heavy atom. The monoisotopic (exact) mass is 647 g/mol. The van der Waals surface area contributed by atoms with Gasteiger partial charge in [0.2, 0.25) is 11.8 Å². The van der Waals surface area contributed by atoms with Gasteiger partial charge in [0.15, 0.2) is 0 Å². The van der Waals surface area contributed by atoms with Gasteiger partial charge < -0.3 is 15.0 Å². The van der Waals surface area contributed by atoms with E-state index in [1.54, 1.807) is 66.7 Å². The summed E-state index contributed by atoms with van der Waals surface area (Å²) in [5.41, 5.74) is 1.92. The molecule has 4 aromatic carbocycles. The summed E-state index contributed by atoms with van der Waals surface area (Å²) in [6.07, 6.45) is 0.940. The lowest BCUT2D eigenvalue weighted by Gasteiger charge is -2.34. The van der Waals surface area contributed by atoms with Gasteiger partial charge in [-0.2, -0.15) is 0 Å². The maximum atomic E-state index is 14.5. The summed E-state index contributed by atoms with van der Waals surface area (Å²) >= 11 is 6.14. The van der Waals surface area contributed by atoms with Gasteiger partial charge in [-0.05, 0) is 73.0 Å². The third kappa shape index (κ3) is 8.86. The van der Waals surface area contributed by atoms with E-state index < -0.39 is 28.5 Å². The zero-order chi connectivity index (χ0) is 32.4. The number of nitrogens with one attached hydrogen (secondary N) is 1. The summed E-state index contributed by atoms with van der Waals surface area (Å²) in [7, 11) is -2.70. The van der Waals surface area contributed by atoms with Crippen LogP contribution in [0.1, 0.15) is 31.4 Å². The molecule has 0 heterocycles. The third-order valence-electron chi connectivity index (χ3n) is 7.51. The average molecular weight is 648 g/mol. The van der Waals surface area contributed by atoms with Crippen LogP contribution in [0, 0.1) is 0 Å². The molecule has 0 bridgehead atoms. The molecule has 2 unspecified atom stereocenters. The highest BCUT2D eigenvalue weighted by Gasteiger charge is 2.35. The van der Waals surface area contributed by atoms with Crippen LogP contribution in [-0.2, 0) is 32.6 Å². The van der Waals surface area contributed by atoms with Gasteiger partial charge in [-0.15, -0.1) is 0 Å². The SMILES string of the molecule is CCC(C)NC(=O)C(Cc1ccccc1)N(Cc1ccc(Cl)cc1)C(=O)CN(c1ccccc1)S(=O)(=O)c1ccc(OC)cc1. The zero-order valence-electron chi connectivity index (χ0n) is 25.6. The lowest BCUT2D eigenvalue weighted by Crippen LogP contribution is -2.54. The second kappa shape index (κ2) is 15.6. The smallest absolute Gasteiger partial charge is 0.264 e. The molecule has 10 heteroatoms. The Labute approximate surface area is 270 Å². The second-order valence-corrected chi connectivity index (χ2v) is 13.0. The standard InChI is InChI=1S/C35H38ClN3O5S/c1-4-26(2)37-35(41)33(23-27-11-7-5-8-12-27)38(24-28-15-17-29(36)18-16-28)34(40)25-39(30-13-9-6-10-14-30)45(42,43)32-21-19-31(44-3)20-22-32/h5-22,26,33H,4,23-25H2,1-3H3,(H,37,41). The number of halogens is 1. The molecular formula is C35H38ClN3O5S. The number of benzene rings is 4. The third-order valence-corrected chi connectivity index (χ3v) is 9.55. The first-order valence-corrected chi connectivity index (χ1v) is 16.5. The first-order chi connectivity index (χ1) is 21.6. The quantitative estimate of drug-likeness (QED) is 0.179. The Balaban J connectivity index is 1.78. The van der Waals surface area contributed by atoms with Crippen LogP contribution in [-0.4, -0.2) is 50.9 Å². The van der Waals surface area contributed by atoms with Gasteiger partial charge in [0.1, 0.15) is 18.3 Å². The van der Waals surface area contributed by atoms with Crippen molar-refractivity contribution in [3.05, 3.63) is 125 Å². The summed E-state index contributed by atoms with van der Waals surface area (Å²) in [6.45, 7) is 3.40. The molecule has 0 aromatic heterocycles. The number of hydrogen-bond acceptors (Lipinski definition) is 5. The Morgan fingerprint density at radius 2 is 1.44 bits per heavy atom. The van der Waals surface area contributed by atoms with Crippen molar-refractivity contribution < 1.29 is 22.7 Å². The van der Waals surface area contributed by atoms with E-state index in [4.69, 9.17) is 16.3 Å². The van der Waals surface area contributed by atoms with Crippen molar-refractivity contribution in [2.45, 2.75) is 50.2 Å². The van der Waals surface area contributed by atoms with Crippen LogP contribution in [0.5, 0.6) is 5.75 Å². The van der Waals surface area contributed by atoms with Crippen LogP contribution in [0.2, 0.25) is 5.02 Å². The number of hydrogen-bond donors (Lipinski definition) is 1. The minimum absolute atomic E-state index is 0.000413. The normalized spacial score (nSPS) is 12.5. The largest absolute Gasteiger partial charge is 0.497 e. The Kier molecular flexibility index (Phi) is 11.6. The number of methoxy groups -OCH3 is 1. The average Bonchev–Trinajstić information content (AvgIpc) is 3.06. The maximum Gasteiger partial charge on any atom is 0.264 e. The van der Waals surface area contributed by atoms with Crippen molar-refractivity contribution >= 4 is 39.1 Å². The molecule has 0 aliphatic heterocycles. The molecule has 0 saturated heterocycles. The molecule has 1 N–H and O–H groups in total. The predicted molar refractivity (Wildman–Crippen MR) is 178 cm³/mol. The lowest BCUT2D eigenvalue weighted by molar-refractivity contribution is -0.140. The van der Waals surface area contributed by atoms with Crippen molar-refractivity contribution in [1.82, 2.24) is 10.2 Å². The van der Waals surface area contributed by atoms with Crippen LogP contribution >= 0.6 is 11.6 Å². The van der Waals surface area contributed by atoms with Gasteiger partial charge in [-0.3, -0.25) is 13.9 Å². The molecular weight excluding hydrogens is 610 g/mol. The number of rotatable bonds is 14. The second-order valence-electron chi connectivity index (χ2n) is 10.7. The summed E-state index contributed by atoms with van der Waals surface area (Å²) in [6, 6.07) is 29.9. The Morgan fingerprint density at radius 3 is 2.02 bits per heavy atom. The van der Waals surface area contributed by atoms with Gasteiger partial charge in [-0.1, -0.05) is 79.2 Å². The predicted octanol–water partition coefficient (Wildman–Crippen LogP) is 6.10. The van der Waals surface area contributed by atoms with Crippen LogP contribution in [0.4, 0.5) is 5.69 Å². The van der Waals surface area contributed by atoms with Crippen molar-refractivity contribution in [1.29, 1.82) is 0 Å².